The van der Waals surface area contributed by atoms with E-state index in [1.807, 2.05) is 19.2 Å². The molecule has 1 fully saturated rings. The van der Waals surface area contributed by atoms with Crippen molar-refractivity contribution in [2.45, 2.75) is 45.6 Å². The van der Waals surface area contributed by atoms with Crippen LogP contribution in [0.4, 0.5) is 0 Å². The van der Waals surface area contributed by atoms with Crippen molar-refractivity contribution in [1.82, 2.24) is 9.88 Å². The van der Waals surface area contributed by atoms with Crippen LogP contribution in [0, 0.1) is 0 Å². The van der Waals surface area contributed by atoms with E-state index in [2.05, 4.69) is 22.9 Å². The van der Waals surface area contributed by atoms with Crippen LogP contribution in [0.25, 0.3) is 0 Å². The molecule has 0 amide bonds. The third-order valence-electron chi connectivity index (χ3n) is 3.56. The Morgan fingerprint density at radius 2 is 2.22 bits per heavy atom. The molecule has 1 aromatic heterocycles. The minimum Gasteiger partial charge on any atom is -0.478 e. The Kier molecular flexibility index (Phi) is 5.00. The molecule has 0 saturated carbocycles. The van der Waals surface area contributed by atoms with Crippen LogP contribution in [-0.4, -0.2) is 29.6 Å². The molecule has 3 heteroatoms. The molecule has 100 valence electrons. The van der Waals surface area contributed by atoms with Crippen molar-refractivity contribution in [3.8, 4) is 5.88 Å². The maximum absolute atomic E-state index is 5.40. The van der Waals surface area contributed by atoms with Gasteiger partial charge in [-0.2, -0.15) is 0 Å². The summed E-state index contributed by atoms with van der Waals surface area (Å²) >= 11 is 0. The summed E-state index contributed by atoms with van der Waals surface area (Å²) in [5.74, 6) is 0.735. The van der Waals surface area contributed by atoms with Crippen molar-refractivity contribution in [2.75, 3.05) is 19.7 Å². The standard InChI is InChI=1S/C15H24N2O/c1-3-10-17-11-6-5-7-14(17)13-8-9-15(16-12-13)18-4-2/h8-9,12,14H,3-7,10-11H2,1-2H3/t14-/m1/s1. The van der Waals surface area contributed by atoms with E-state index in [0.717, 1.165) is 5.88 Å². The molecule has 1 atom stereocenters. The van der Waals surface area contributed by atoms with Crippen LogP contribution in [0.1, 0.15) is 51.1 Å². The van der Waals surface area contributed by atoms with Gasteiger partial charge < -0.3 is 4.74 Å². The lowest BCUT2D eigenvalue weighted by atomic mass is 9.96. The van der Waals surface area contributed by atoms with Gasteiger partial charge in [-0.05, 0) is 44.8 Å². The smallest absolute Gasteiger partial charge is 0.213 e. The first-order valence-electron chi connectivity index (χ1n) is 7.18. The van der Waals surface area contributed by atoms with Crippen molar-refractivity contribution in [2.24, 2.45) is 0 Å². The summed E-state index contributed by atoms with van der Waals surface area (Å²) in [5.41, 5.74) is 1.34. The van der Waals surface area contributed by atoms with Crippen LogP contribution in [0.2, 0.25) is 0 Å². The highest BCUT2D eigenvalue weighted by Gasteiger charge is 2.23. The quantitative estimate of drug-likeness (QED) is 0.798. The molecule has 0 radical (unpaired) electrons. The fourth-order valence-corrected chi connectivity index (χ4v) is 2.75. The molecule has 2 heterocycles. The zero-order valence-corrected chi connectivity index (χ0v) is 11.6. The van der Waals surface area contributed by atoms with Gasteiger partial charge in [-0.1, -0.05) is 19.4 Å². The fourth-order valence-electron chi connectivity index (χ4n) is 2.75. The molecule has 0 unspecified atom stereocenters. The van der Waals surface area contributed by atoms with Crippen molar-refractivity contribution < 1.29 is 4.74 Å². The Bertz CT molecular complexity index is 348. The zero-order chi connectivity index (χ0) is 12.8. The summed E-state index contributed by atoms with van der Waals surface area (Å²) in [6.45, 7) is 7.34. The number of pyridine rings is 1. The molecule has 18 heavy (non-hydrogen) atoms. The molecule has 1 saturated heterocycles. The van der Waals surface area contributed by atoms with Gasteiger partial charge in [0.15, 0.2) is 0 Å². The molecule has 0 aliphatic carbocycles. The van der Waals surface area contributed by atoms with Crippen molar-refractivity contribution >= 4 is 0 Å². The van der Waals surface area contributed by atoms with E-state index in [0.29, 0.717) is 12.6 Å². The number of nitrogens with zero attached hydrogens (tertiary/aromatic N) is 2. The predicted molar refractivity (Wildman–Crippen MR) is 73.9 cm³/mol. The second kappa shape index (κ2) is 6.74. The number of hydrogen-bond acceptors (Lipinski definition) is 3. The van der Waals surface area contributed by atoms with Crippen molar-refractivity contribution in [1.29, 1.82) is 0 Å². The molecule has 0 N–H and O–H groups in total. The van der Waals surface area contributed by atoms with E-state index in [9.17, 15) is 0 Å². The van der Waals surface area contributed by atoms with E-state index in [1.54, 1.807) is 0 Å². The molecular weight excluding hydrogens is 224 g/mol. The minimum absolute atomic E-state index is 0.557. The van der Waals surface area contributed by atoms with Crippen LogP contribution in [0.15, 0.2) is 18.3 Å². The largest absolute Gasteiger partial charge is 0.478 e. The van der Waals surface area contributed by atoms with Gasteiger partial charge >= 0.3 is 0 Å². The first-order valence-corrected chi connectivity index (χ1v) is 7.18. The monoisotopic (exact) mass is 248 g/mol. The molecular formula is C15H24N2O. The summed E-state index contributed by atoms with van der Waals surface area (Å²) < 4.78 is 5.40. The zero-order valence-electron chi connectivity index (χ0n) is 11.6. The van der Waals surface area contributed by atoms with Gasteiger partial charge in [0, 0.05) is 18.3 Å². The van der Waals surface area contributed by atoms with E-state index < -0.39 is 0 Å². The predicted octanol–water partition coefficient (Wildman–Crippen LogP) is 3.42. The van der Waals surface area contributed by atoms with Gasteiger partial charge in [0.2, 0.25) is 5.88 Å². The maximum atomic E-state index is 5.40. The summed E-state index contributed by atoms with van der Waals surface area (Å²) in [6, 6.07) is 4.73. The highest BCUT2D eigenvalue weighted by molar-refractivity contribution is 5.21. The highest BCUT2D eigenvalue weighted by Crippen LogP contribution is 2.30. The fraction of sp³-hybridized carbons (Fsp3) is 0.667. The van der Waals surface area contributed by atoms with Gasteiger partial charge in [0.25, 0.3) is 0 Å². The second-order valence-electron chi connectivity index (χ2n) is 4.91. The molecule has 0 aromatic carbocycles. The Balaban J connectivity index is 2.07. The Hall–Kier alpha value is -1.09. The number of ether oxygens (including phenoxy) is 1. The lowest BCUT2D eigenvalue weighted by molar-refractivity contribution is 0.148. The lowest BCUT2D eigenvalue weighted by Gasteiger charge is -2.35. The number of hydrogen-bond donors (Lipinski definition) is 0. The van der Waals surface area contributed by atoms with Crippen LogP contribution < -0.4 is 4.74 Å². The van der Waals surface area contributed by atoms with Gasteiger partial charge in [0.05, 0.1) is 6.61 Å². The van der Waals surface area contributed by atoms with Crippen LogP contribution in [0.3, 0.4) is 0 Å². The first-order chi connectivity index (χ1) is 8.85. The van der Waals surface area contributed by atoms with Gasteiger partial charge in [0.1, 0.15) is 0 Å². The number of rotatable bonds is 5. The van der Waals surface area contributed by atoms with Gasteiger partial charge in [-0.3, -0.25) is 4.90 Å². The lowest BCUT2D eigenvalue weighted by Crippen LogP contribution is -2.34. The Labute approximate surface area is 110 Å². The molecule has 0 bridgehead atoms. The minimum atomic E-state index is 0.557. The molecule has 1 aliphatic heterocycles. The average molecular weight is 248 g/mol. The first kappa shape index (κ1) is 13.3. The maximum Gasteiger partial charge on any atom is 0.213 e. The van der Waals surface area contributed by atoms with E-state index in [4.69, 9.17) is 4.74 Å². The summed E-state index contributed by atoms with van der Waals surface area (Å²) in [7, 11) is 0. The number of aromatic nitrogens is 1. The molecule has 2 rings (SSSR count). The third-order valence-corrected chi connectivity index (χ3v) is 3.56. The van der Waals surface area contributed by atoms with Gasteiger partial charge in [-0.15, -0.1) is 0 Å². The Morgan fingerprint density at radius 1 is 1.33 bits per heavy atom. The van der Waals surface area contributed by atoms with Crippen LogP contribution in [-0.2, 0) is 0 Å². The average Bonchev–Trinajstić information content (AvgIpc) is 2.41. The van der Waals surface area contributed by atoms with Crippen molar-refractivity contribution in [3.63, 3.8) is 0 Å². The topological polar surface area (TPSA) is 25.4 Å². The second-order valence-corrected chi connectivity index (χ2v) is 4.91. The van der Waals surface area contributed by atoms with Crippen LogP contribution in [0.5, 0.6) is 5.88 Å². The summed E-state index contributed by atoms with van der Waals surface area (Å²) in [4.78, 5) is 6.99. The van der Waals surface area contributed by atoms with E-state index >= 15 is 0 Å². The number of piperidine rings is 1. The van der Waals surface area contributed by atoms with Gasteiger partial charge in [-0.25, -0.2) is 4.98 Å². The summed E-state index contributed by atoms with van der Waals surface area (Å²) in [5, 5.41) is 0. The van der Waals surface area contributed by atoms with Crippen molar-refractivity contribution in [3.05, 3.63) is 23.9 Å². The van der Waals surface area contributed by atoms with E-state index in [-0.39, 0.29) is 0 Å². The molecule has 1 aliphatic rings. The number of likely N-dealkylation sites (tertiary alicyclic amines) is 1. The molecule has 0 spiro atoms. The highest BCUT2D eigenvalue weighted by atomic mass is 16.5. The summed E-state index contributed by atoms with van der Waals surface area (Å²) in [6.07, 6.45) is 7.14. The third kappa shape index (κ3) is 3.22. The molecule has 1 aromatic rings. The van der Waals surface area contributed by atoms with E-state index in [1.165, 1.54) is 44.3 Å². The normalized spacial score (nSPS) is 20.9. The SMILES string of the molecule is CCCN1CCCC[C@@H]1c1ccc(OCC)nc1. The van der Waals surface area contributed by atoms with Crippen LogP contribution >= 0.6 is 0 Å². The molecule has 3 nitrogen and oxygen atoms in total. The Morgan fingerprint density at radius 3 is 2.89 bits per heavy atom.